The van der Waals surface area contributed by atoms with Crippen LogP contribution < -0.4 is 5.32 Å². The van der Waals surface area contributed by atoms with Crippen molar-refractivity contribution < 1.29 is 0 Å². The van der Waals surface area contributed by atoms with Gasteiger partial charge in [-0.1, -0.05) is 26.8 Å². The lowest BCUT2D eigenvalue weighted by Gasteiger charge is -2.40. The molecular formula is C13H25N. The molecule has 0 radical (unpaired) electrons. The van der Waals surface area contributed by atoms with Gasteiger partial charge >= 0.3 is 0 Å². The van der Waals surface area contributed by atoms with Crippen LogP contribution in [-0.4, -0.2) is 12.1 Å². The zero-order chi connectivity index (χ0) is 10.8. The molecule has 0 saturated heterocycles. The van der Waals surface area contributed by atoms with Gasteiger partial charge in [-0.15, -0.1) is 6.58 Å². The predicted octanol–water partition coefficient (Wildman–Crippen LogP) is 3.37. The summed E-state index contributed by atoms with van der Waals surface area (Å²) in [6, 6.07) is 1.13. The van der Waals surface area contributed by atoms with Crippen LogP contribution in [0.3, 0.4) is 0 Å². The molecule has 0 aliphatic heterocycles. The quantitative estimate of drug-likeness (QED) is 0.681. The molecule has 3 unspecified atom stereocenters. The van der Waals surface area contributed by atoms with E-state index in [4.69, 9.17) is 0 Å². The van der Waals surface area contributed by atoms with E-state index >= 15 is 0 Å². The summed E-state index contributed by atoms with van der Waals surface area (Å²) in [5, 5.41) is 3.64. The third-order valence-corrected chi connectivity index (χ3v) is 3.24. The Bertz CT molecular complexity index is 195. The second-order valence-electron chi connectivity index (χ2n) is 5.80. The summed E-state index contributed by atoms with van der Waals surface area (Å²) in [6.07, 6.45) is 5.98. The Labute approximate surface area is 89.0 Å². The largest absolute Gasteiger partial charge is 0.308 e. The smallest absolute Gasteiger partial charge is 0.0221 e. The van der Waals surface area contributed by atoms with E-state index < -0.39 is 0 Å². The van der Waals surface area contributed by atoms with Crippen LogP contribution in [0.25, 0.3) is 0 Å². The Hall–Kier alpha value is -0.300. The van der Waals surface area contributed by atoms with Crippen LogP contribution >= 0.6 is 0 Å². The number of hydrogen-bond donors (Lipinski definition) is 1. The fraction of sp³-hybridized carbons (Fsp3) is 0.846. The van der Waals surface area contributed by atoms with E-state index in [1.807, 2.05) is 6.08 Å². The van der Waals surface area contributed by atoms with Crippen molar-refractivity contribution >= 4 is 0 Å². The van der Waals surface area contributed by atoms with Crippen LogP contribution in [-0.2, 0) is 0 Å². The molecule has 1 N–H and O–H groups in total. The maximum Gasteiger partial charge on any atom is 0.0221 e. The first-order valence-electron chi connectivity index (χ1n) is 5.81. The molecule has 0 amide bonds. The van der Waals surface area contributed by atoms with E-state index in [-0.39, 0.29) is 0 Å². The second-order valence-corrected chi connectivity index (χ2v) is 5.80. The highest BCUT2D eigenvalue weighted by Gasteiger charge is 2.31. The zero-order valence-electron chi connectivity index (χ0n) is 10.1. The van der Waals surface area contributed by atoms with E-state index in [1.54, 1.807) is 0 Å². The lowest BCUT2D eigenvalue weighted by molar-refractivity contribution is 0.149. The van der Waals surface area contributed by atoms with Crippen LogP contribution in [0.1, 0.15) is 47.0 Å². The Morgan fingerprint density at radius 2 is 2.07 bits per heavy atom. The summed E-state index contributed by atoms with van der Waals surface area (Å²) in [7, 11) is 0. The Kier molecular flexibility index (Phi) is 3.77. The van der Waals surface area contributed by atoms with Crippen molar-refractivity contribution in [1.82, 2.24) is 5.32 Å². The van der Waals surface area contributed by atoms with Crippen molar-refractivity contribution in [3.63, 3.8) is 0 Å². The second kappa shape index (κ2) is 4.48. The molecule has 1 nitrogen and oxygen atoms in total. The topological polar surface area (TPSA) is 12.0 Å². The third kappa shape index (κ3) is 3.45. The SMILES string of the molecule is C=CC(C)NC1CC(C)CC(C)(C)C1. The van der Waals surface area contributed by atoms with Gasteiger partial charge in [-0.25, -0.2) is 0 Å². The molecule has 0 heterocycles. The maximum absolute atomic E-state index is 3.82. The van der Waals surface area contributed by atoms with Gasteiger partial charge in [0, 0.05) is 12.1 Å². The first-order chi connectivity index (χ1) is 6.43. The molecule has 0 bridgehead atoms. The Morgan fingerprint density at radius 3 is 2.57 bits per heavy atom. The highest BCUT2D eigenvalue weighted by atomic mass is 14.9. The molecule has 0 aromatic heterocycles. The summed E-state index contributed by atoms with van der Waals surface area (Å²) in [4.78, 5) is 0. The van der Waals surface area contributed by atoms with Crippen LogP contribution in [0.4, 0.5) is 0 Å². The van der Waals surface area contributed by atoms with E-state index in [1.165, 1.54) is 19.3 Å². The van der Waals surface area contributed by atoms with Crippen molar-refractivity contribution in [3.05, 3.63) is 12.7 Å². The molecule has 14 heavy (non-hydrogen) atoms. The molecule has 1 aliphatic carbocycles. The molecule has 0 spiro atoms. The standard InChI is InChI=1S/C13H25N/c1-6-11(3)14-12-7-10(2)8-13(4,5)9-12/h6,10-12,14H,1,7-9H2,2-5H3. The summed E-state index contributed by atoms with van der Waals surface area (Å²) in [5.41, 5.74) is 0.510. The summed E-state index contributed by atoms with van der Waals surface area (Å²) in [6.45, 7) is 13.1. The predicted molar refractivity (Wildman–Crippen MR) is 63.4 cm³/mol. The minimum atomic E-state index is 0.445. The highest BCUT2D eigenvalue weighted by molar-refractivity contribution is 4.91. The molecular weight excluding hydrogens is 170 g/mol. The lowest BCUT2D eigenvalue weighted by Crippen LogP contribution is -2.43. The fourth-order valence-electron chi connectivity index (χ4n) is 2.91. The van der Waals surface area contributed by atoms with Crippen LogP contribution in [0.5, 0.6) is 0 Å². The maximum atomic E-state index is 3.82. The molecule has 1 saturated carbocycles. The first-order valence-corrected chi connectivity index (χ1v) is 5.81. The minimum Gasteiger partial charge on any atom is -0.308 e. The van der Waals surface area contributed by atoms with Gasteiger partial charge in [0.05, 0.1) is 0 Å². The lowest BCUT2D eigenvalue weighted by atomic mass is 9.70. The molecule has 0 aromatic carbocycles. The molecule has 1 aliphatic rings. The van der Waals surface area contributed by atoms with Gasteiger partial charge in [-0.2, -0.15) is 0 Å². The average molecular weight is 195 g/mol. The fourth-order valence-corrected chi connectivity index (χ4v) is 2.91. The third-order valence-electron chi connectivity index (χ3n) is 3.24. The Morgan fingerprint density at radius 1 is 1.43 bits per heavy atom. The van der Waals surface area contributed by atoms with Crippen molar-refractivity contribution in [3.8, 4) is 0 Å². The van der Waals surface area contributed by atoms with E-state index in [2.05, 4.69) is 39.6 Å². The van der Waals surface area contributed by atoms with E-state index in [0.717, 1.165) is 5.92 Å². The summed E-state index contributed by atoms with van der Waals surface area (Å²) < 4.78 is 0. The number of nitrogens with one attached hydrogen (secondary N) is 1. The Balaban J connectivity index is 2.49. The van der Waals surface area contributed by atoms with E-state index in [9.17, 15) is 0 Å². The molecule has 0 aromatic rings. The summed E-state index contributed by atoms with van der Waals surface area (Å²) >= 11 is 0. The van der Waals surface area contributed by atoms with Gasteiger partial charge in [0.2, 0.25) is 0 Å². The van der Waals surface area contributed by atoms with Crippen LogP contribution in [0.15, 0.2) is 12.7 Å². The molecule has 1 fully saturated rings. The zero-order valence-corrected chi connectivity index (χ0v) is 10.1. The minimum absolute atomic E-state index is 0.445. The normalized spacial score (nSPS) is 33.7. The molecule has 1 rings (SSSR count). The van der Waals surface area contributed by atoms with Crippen molar-refractivity contribution in [2.45, 2.75) is 59.0 Å². The van der Waals surface area contributed by atoms with Crippen molar-refractivity contribution in [1.29, 1.82) is 0 Å². The molecule has 1 heteroatoms. The number of rotatable bonds is 3. The number of hydrogen-bond acceptors (Lipinski definition) is 1. The van der Waals surface area contributed by atoms with Crippen LogP contribution in [0.2, 0.25) is 0 Å². The monoisotopic (exact) mass is 195 g/mol. The van der Waals surface area contributed by atoms with Gasteiger partial charge in [0.25, 0.3) is 0 Å². The molecule has 82 valence electrons. The molecule has 3 atom stereocenters. The van der Waals surface area contributed by atoms with Gasteiger partial charge in [0.1, 0.15) is 0 Å². The summed E-state index contributed by atoms with van der Waals surface area (Å²) in [5.74, 6) is 0.855. The van der Waals surface area contributed by atoms with Gasteiger partial charge in [-0.3, -0.25) is 0 Å². The van der Waals surface area contributed by atoms with Crippen molar-refractivity contribution in [2.75, 3.05) is 0 Å². The van der Waals surface area contributed by atoms with E-state index in [0.29, 0.717) is 17.5 Å². The first kappa shape index (κ1) is 11.8. The van der Waals surface area contributed by atoms with Gasteiger partial charge in [-0.05, 0) is 37.5 Å². The van der Waals surface area contributed by atoms with Crippen LogP contribution in [0, 0.1) is 11.3 Å². The highest BCUT2D eigenvalue weighted by Crippen LogP contribution is 2.38. The van der Waals surface area contributed by atoms with Gasteiger partial charge < -0.3 is 5.32 Å². The van der Waals surface area contributed by atoms with Crippen molar-refractivity contribution in [2.24, 2.45) is 11.3 Å². The van der Waals surface area contributed by atoms with Gasteiger partial charge in [0.15, 0.2) is 0 Å². The average Bonchev–Trinajstić information content (AvgIpc) is 1.99.